The van der Waals surface area contributed by atoms with Gasteiger partial charge in [0.2, 0.25) is 17.7 Å². The van der Waals surface area contributed by atoms with Crippen LogP contribution >= 0.6 is 0 Å². The Morgan fingerprint density at radius 3 is 2.28 bits per heavy atom. The van der Waals surface area contributed by atoms with Crippen LogP contribution in [0.15, 0.2) is 30.5 Å². The van der Waals surface area contributed by atoms with Crippen molar-refractivity contribution >= 4 is 56.4 Å². The van der Waals surface area contributed by atoms with Crippen molar-refractivity contribution in [2.75, 3.05) is 18.6 Å². The Kier molecular flexibility index (Phi) is 11.3. The summed E-state index contributed by atoms with van der Waals surface area (Å²) in [6.07, 6.45) is 2.69. The Balaban J connectivity index is 2.29. The summed E-state index contributed by atoms with van der Waals surface area (Å²) in [5.74, 6) is -4.51. The number of sulfone groups is 1. The van der Waals surface area contributed by atoms with Crippen LogP contribution in [0.3, 0.4) is 0 Å². The third kappa shape index (κ3) is 9.96. The zero-order valence-electron chi connectivity index (χ0n) is 21.9. The highest BCUT2D eigenvalue weighted by atomic mass is 32.2. The number of Topliss-reactive ketones (excluding diaryl/α,β-unsaturated/α-hetero) is 1. The van der Waals surface area contributed by atoms with Gasteiger partial charge < -0.3 is 31.1 Å². The second kappa shape index (κ2) is 14.2. The van der Waals surface area contributed by atoms with Crippen LogP contribution in [0.25, 0.3) is 10.9 Å². The van der Waals surface area contributed by atoms with Crippen LogP contribution in [0, 0.1) is 5.41 Å². The van der Waals surface area contributed by atoms with Gasteiger partial charge in [-0.15, -0.1) is 0 Å². The Hall–Kier alpha value is -4.07. The van der Waals surface area contributed by atoms with Crippen molar-refractivity contribution < 1.29 is 37.1 Å². The standard InChI is InChI=1S/C25H33N5O8S/c1-4-38-25(35)22(14-39(3,36)37)30-23(33)20(10-9-17(32)12-26)29-24(34)21(28-15(2)31)11-16-13-27-19-8-6-5-7-18(16)19/h5-8,12-13,20-22,26-27H,4,9-11,14H2,1-3H3,(H,28,31)(H,29,34)(H,30,33)/t20-,21-,22?/m0/s1. The number of fused-ring (bicyclic) bond motifs is 1. The van der Waals surface area contributed by atoms with Crippen molar-refractivity contribution in [3.8, 4) is 0 Å². The summed E-state index contributed by atoms with van der Waals surface area (Å²) >= 11 is 0. The number of hydrogen-bond donors (Lipinski definition) is 5. The number of carbonyl (C=O) groups is 5. The van der Waals surface area contributed by atoms with Crippen molar-refractivity contribution in [1.82, 2.24) is 20.9 Å². The van der Waals surface area contributed by atoms with E-state index in [1.807, 2.05) is 24.3 Å². The molecule has 0 aliphatic rings. The summed E-state index contributed by atoms with van der Waals surface area (Å²) in [5, 5.41) is 15.3. The molecule has 0 radical (unpaired) electrons. The first kappa shape index (κ1) is 31.1. The SMILES string of the molecule is CCOC(=O)C(CS(C)(=O)=O)NC(=O)[C@H](CCC(=O)C=N)NC(=O)[C@H](Cc1c[nH]c2ccccc12)NC(C)=O. The lowest BCUT2D eigenvalue weighted by molar-refractivity contribution is -0.147. The van der Waals surface area contributed by atoms with Gasteiger partial charge >= 0.3 is 5.97 Å². The van der Waals surface area contributed by atoms with E-state index in [4.69, 9.17) is 10.1 Å². The smallest absolute Gasteiger partial charge is 0.329 e. The molecule has 1 aromatic carbocycles. The van der Waals surface area contributed by atoms with E-state index in [1.54, 1.807) is 6.20 Å². The predicted octanol–water partition coefficient (Wildman–Crippen LogP) is -0.209. The second-order valence-electron chi connectivity index (χ2n) is 8.93. The number of ketones is 1. The number of carbonyl (C=O) groups excluding carboxylic acids is 5. The van der Waals surface area contributed by atoms with E-state index < -0.39 is 63.2 Å². The highest BCUT2D eigenvalue weighted by Gasteiger charge is 2.32. The van der Waals surface area contributed by atoms with Gasteiger partial charge in [-0.2, -0.15) is 0 Å². The first-order valence-electron chi connectivity index (χ1n) is 12.1. The number of rotatable bonds is 15. The number of esters is 1. The summed E-state index contributed by atoms with van der Waals surface area (Å²) in [4.78, 5) is 65.4. The Labute approximate surface area is 225 Å². The zero-order valence-corrected chi connectivity index (χ0v) is 22.7. The van der Waals surface area contributed by atoms with Gasteiger partial charge in [0.05, 0.1) is 18.6 Å². The maximum atomic E-state index is 13.3. The molecule has 0 aliphatic carbocycles. The summed E-state index contributed by atoms with van der Waals surface area (Å²) in [6.45, 7) is 2.69. The molecule has 2 rings (SSSR count). The molecule has 0 bridgehead atoms. The fraction of sp³-hybridized carbons (Fsp3) is 0.440. The van der Waals surface area contributed by atoms with Gasteiger partial charge in [0.1, 0.15) is 28.0 Å². The van der Waals surface area contributed by atoms with E-state index in [-0.39, 0.29) is 25.9 Å². The summed E-state index contributed by atoms with van der Waals surface area (Å²) in [6, 6.07) is 3.31. The maximum absolute atomic E-state index is 13.3. The number of amides is 3. The number of H-pyrrole nitrogens is 1. The van der Waals surface area contributed by atoms with Gasteiger partial charge in [0, 0.05) is 43.1 Å². The van der Waals surface area contributed by atoms with E-state index in [0.29, 0.717) is 6.21 Å². The molecule has 0 fully saturated rings. The molecule has 5 N–H and O–H groups in total. The molecule has 13 nitrogen and oxygen atoms in total. The molecule has 3 atom stereocenters. The molecule has 1 unspecified atom stereocenters. The van der Waals surface area contributed by atoms with Crippen molar-refractivity contribution in [3.05, 3.63) is 36.0 Å². The molecule has 0 saturated heterocycles. The average Bonchev–Trinajstić information content (AvgIpc) is 3.27. The first-order valence-corrected chi connectivity index (χ1v) is 14.2. The number of hydrogen-bond acceptors (Lipinski definition) is 9. The van der Waals surface area contributed by atoms with Gasteiger partial charge in [-0.05, 0) is 25.0 Å². The molecule has 14 heteroatoms. The third-order valence-electron chi connectivity index (χ3n) is 5.62. The van der Waals surface area contributed by atoms with E-state index in [9.17, 15) is 32.4 Å². The molecule has 1 aromatic heterocycles. The van der Waals surface area contributed by atoms with E-state index in [0.717, 1.165) is 22.7 Å². The Morgan fingerprint density at radius 2 is 1.67 bits per heavy atom. The van der Waals surface area contributed by atoms with Crippen molar-refractivity contribution in [2.24, 2.45) is 0 Å². The number of ether oxygens (including phenoxy) is 1. The quantitative estimate of drug-likeness (QED) is 0.144. The molecule has 0 saturated carbocycles. The molecular formula is C25H33N5O8S. The molecule has 39 heavy (non-hydrogen) atoms. The second-order valence-corrected chi connectivity index (χ2v) is 11.1. The minimum atomic E-state index is -3.72. The molecule has 0 spiro atoms. The van der Waals surface area contributed by atoms with Crippen molar-refractivity contribution in [3.63, 3.8) is 0 Å². The minimum absolute atomic E-state index is 0.0603. The molecule has 3 amide bonds. The topological polar surface area (TPSA) is 204 Å². The van der Waals surface area contributed by atoms with Crippen molar-refractivity contribution in [1.29, 1.82) is 5.41 Å². The minimum Gasteiger partial charge on any atom is -0.464 e. The van der Waals surface area contributed by atoms with E-state index in [1.165, 1.54) is 13.8 Å². The number of aromatic amines is 1. The van der Waals surface area contributed by atoms with Crippen molar-refractivity contribution in [2.45, 2.75) is 51.2 Å². The highest BCUT2D eigenvalue weighted by Crippen LogP contribution is 2.19. The van der Waals surface area contributed by atoms with Crippen LogP contribution in [0.5, 0.6) is 0 Å². The number of para-hydroxylation sites is 1. The lowest BCUT2D eigenvalue weighted by Gasteiger charge is -2.24. The van der Waals surface area contributed by atoms with Crippen LogP contribution in [0.1, 0.15) is 32.3 Å². The largest absolute Gasteiger partial charge is 0.464 e. The monoisotopic (exact) mass is 563 g/mol. The highest BCUT2D eigenvalue weighted by molar-refractivity contribution is 7.90. The van der Waals surface area contributed by atoms with Crippen LogP contribution < -0.4 is 16.0 Å². The zero-order chi connectivity index (χ0) is 29.2. The lowest BCUT2D eigenvalue weighted by atomic mass is 10.0. The van der Waals surface area contributed by atoms with Gasteiger partial charge in [-0.25, -0.2) is 13.2 Å². The number of nitrogens with one attached hydrogen (secondary N) is 5. The molecule has 212 valence electrons. The average molecular weight is 564 g/mol. The fourth-order valence-electron chi connectivity index (χ4n) is 3.86. The van der Waals surface area contributed by atoms with Crippen LogP contribution in [0.4, 0.5) is 0 Å². The van der Waals surface area contributed by atoms with Gasteiger partial charge in [0.25, 0.3) is 0 Å². The maximum Gasteiger partial charge on any atom is 0.329 e. The number of benzene rings is 1. The number of aromatic nitrogens is 1. The summed E-state index contributed by atoms with van der Waals surface area (Å²) in [5.41, 5.74) is 1.56. The first-order chi connectivity index (χ1) is 18.3. The summed E-state index contributed by atoms with van der Waals surface area (Å²) in [7, 11) is -3.72. The Bertz CT molecular complexity index is 1340. The van der Waals surface area contributed by atoms with Gasteiger partial charge in [0.15, 0.2) is 5.78 Å². The lowest BCUT2D eigenvalue weighted by Crippen LogP contribution is -2.57. The normalized spacial score (nSPS) is 13.5. The van der Waals surface area contributed by atoms with Gasteiger partial charge in [-0.3, -0.25) is 19.2 Å². The van der Waals surface area contributed by atoms with E-state index >= 15 is 0 Å². The fourth-order valence-corrected chi connectivity index (χ4v) is 4.69. The summed E-state index contributed by atoms with van der Waals surface area (Å²) < 4.78 is 28.5. The van der Waals surface area contributed by atoms with Crippen LogP contribution in [-0.4, -0.2) is 85.8 Å². The third-order valence-corrected chi connectivity index (χ3v) is 6.56. The molecule has 0 aliphatic heterocycles. The van der Waals surface area contributed by atoms with Crippen LogP contribution in [0.2, 0.25) is 0 Å². The molecule has 1 heterocycles. The predicted molar refractivity (Wildman–Crippen MR) is 143 cm³/mol. The molecule has 2 aromatic rings. The van der Waals surface area contributed by atoms with Crippen LogP contribution in [-0.2, 0) is 45.0 Å². The molecular weight excluding hydrogens is 530 g/mol. The Morgan fingerprint density at radius 1 is 1.03 bits per heavy atom. The van der Waals surface area contributed by atoms with Gasteiger partial charge in [-0.1, -0.05) is 18.2 Å². The van der Waals surface area contributed by atoms with E-state index in [2.05, 4.69) is 20.9 Å².